The van der Waals surface area contributed by atoms with Crippen molar-refractivity contribution in [3.8, 4) is 0 Å². The van der Waals surface area contributed by atoms with Crippen LogP contribution in [0.25, 0.3) is 0 Å². The molecule has 1 heterocycles. The third-order valence-corrected chi connectivity index (χ3v) is 7.98. The van der Waals surface area contributed by atoms with Gasteiger partial charge in [0.25, 0.3) is 0 Å². The van der Waals surface area contributed by atoms with E-state index in [2.05, 4.69) is 19.3 Å². The van der Waals surface area contributed by atoms with Crippen molar-refractivity contribution < 1.29 is 18.2 Å². The van der Waals surface area contributed by atoms with E-state index in [9.17, 15) is 4.79 Å². The molecule has 1 saturated heterocycles. The minimum atomic E-state index is -2.62. The standard InChI is InChI=1S/C17H35NO4SSi/c1-4-5-6-7-8-10-17(19)23-13-9-14-24(20-3)21-12-11-16(2)15-18-22-24/h16,18H,4-15H2,1-3H3. The van der Waals surface area contributed by atoms with Gasteiger partial charge in [-0.1, -0.05) is 51.3 Å². The topological polar surface area (TPSA) is 56.8 Å². The minimum absolute atomic E-state index is 0.311. The van der Waals surface area contributed by atoms with Gasteiger partial charge in [-0.15, -0.1) is 0 Å². The van der Waals surface area contributed by atoms with Gasteiger partial charge in [-0.05, 0) is 25.2 Å². The molecule has 2 unspecified atom stereocenters. The first-order chi connectivity index (χ1) is 11.6. The third-order valence-electron chi connectivity index (χ3n) is 4.28. The Labute approximate surface area is 152 Å². The second-order valence-corrected chi connectivity index (χ2v) is 10.5. The van der Waals surface area contributed by atoms with Gasteiger partial charge in [0.2, 0.25) is 0 Å². The number of thioether (sulfide) groups is 1. The van der Waals surface area contributed by atoms with Gasteiger partial charge in [-0.25, -0.2) is 5.48 Å². The Kier molecular flexibility index (Phi) is 12.3. The number of nitrogens with one attached hydrogen (secondary N) is 1. The fraction of sp³-hybridized carbons (Fsp3) is 0.941. The molecule has 1 rings (SSSR count). The van der Waals surface area contributed by atoms with Crippen LogP contribution in [-0.4, -0.2) is 39.9 Å². The molecule has 142 valence electrons. The van der Waals surface area contributed by atoms with Gasteiger partial charge in [0, 0.05) is 38.5 Å². The second kappa shape index (κ2) is 13.3. The van der Waals surface area contributed by atoms with E-state index in [0.717, 1.165) is 37.6 Å². The first kappa shape index (κ1) is 22.1. The number of carbonyl (C=O) groups is 1. The maximum absolute atomic E-state index is 11.9. The summed E-state index contributed by atoms with van der Waals surface area (Å²) in [6.45, 7) is 5.89. The molecule has 0 amide bonds. The van der Waals surface area contributed by atoms with Crippen LogP contribution >= 0.6 is 11.8 Å². The predicted molar refractivity (Wildman–Crippen MR) is 102 cm³/mol. The van der Waals surface area contributed by atoms with Crippen molar-refractivity contribution in [2.45, 2.75) is 71.3 Å². The maximum atomic E-state index is 11.9. The fourth-order valence-corrected chi connectivity index (χ4v) is 5.70. The molecule has 7 heteroatoms. The van der Waals surface area contributed by atoms with Gasteiger partial charge in [-0.3, -0.25) is 9.32 Å². The molecule has 0 spiro atoms. The van der Waals surface area contributed by atoms with Crippen LogP contribution in [0.2, 0.25) is 6.04 Å². The largest absolute Gasteiger partial charge is 0.517 e. The van der Waals surface area contributed by atoms with Gasteiger partial charge in [-0.2, -0.15) is 0 Å². The highest BCUT2D eigenvalue weighted by atomic mass is 32.2. The molecule has 0 radical (unpaired) electrons. The first-order valence-corrected chi connectivity index (χ1v) is 12.3. The molecule has 1 aliphatic rings. The van der Waals surface area contributed by atoms with E-state index < -0.39 is 8.80 Å². The van der Waals surface area contributed by atoms with Crippen LogP contribution in [0.4, 0.5) is 0 Å². The molecule has 24 heavy (non-hydrogen) atoms. The molecule has 0 aliphatic carbocycles. The van der Waals surface area contributed by atoms with Gasteiger partial charge in [0.1, 0.15) is 0 Å². The Morgan fingerprint density at radius 2 is 2.08 bits per heavy atom. The van der Waals surface area contributed by atoms with Crippen LogP contribution in [0.15, 0.2) is 0 Å². The number of unbranched alkanes of at least 4 members (excludes halogenated alkanes) is 4. The molecule has 1 aliphatic heterocycles. The van der Waals surface area contributed by atoms with Crippen LogP contribution in [-0.2, 0) is 18.2 Å². The molecule has 0 bridgehead atoms. The average molecular weight is 378 g/mol. The van der Waals surface area contributed by atoms with Gasteiger partial charge in [0.05, 0.1) is 0 Å². The zero-order chi connectivity index (χ0) is 17.7. The zero-order valence-electron chi connectivity index (χ0n) is 15.6. The number of hydroxylamine groups is 1. The molecular weight excluding hydrogens is 342 g/mol. The quantitative estimate of drug-likeness (QED) is 0.431. The van der Waals surface area contributed by atoms with Crippen molar-refractivity contribution in [1.29, 1.82) is 0 Å². The Balaban J connectivity index is 2.16. The van der Waals surface area contributed by atoms with Crippen LogP contribution in [0, 0.1) is 5.92 Å². The molecular formula is C17H35NO4SSi. The lowest BCUT2D eigenvalue weighted by molar-refractivity contribution is -0.111. The van der Waals surface area contributed by atoms with E-state index in [1.54, 1.807) is 7.11 Å². The molecule has 0 aromatic heterocycles. The van der Waals surface area contributed by atoms with Crippen molar-refractivity contribution in [1.82, 2.24) is 5.48 Å². The van der Waals surface area contributed by atoms with Crippen molar-refractivity contribution in [2.24, 2.45) is 5.92 Å². The lowest BCUT2D eigenvalue weighted by atomic mass is 10.1. The normalized spacial score (nSPS) is 25.2. The maximum Gasteiger partial charge on any atom is 0.517 e. The molecule has 0 aromatic rings. The van der Waals surface area contributed by atoms with E-state index in [1.807, 2.05) is 0 Å². The highest BCUT2D eigenvalue weighted by Gasteiger charge is 2.41. The van der Waals surface area contributed by atoms with E-state index in [0.29, 0.717) is 24.1 Å². The SMILES string of the molecule is CCCCCCCC(=O)SCCC[Si]1(OC)OCCC(C)CNO1. The Bertz CT molecular complexity index is 337. The van der Waals surface area contributed by atoms with E-state index in [-0.39, 0.29) is 0 Å². The molecule has 5 nitrogen and oxygen atoms in total. The molecule has 0 saturated carbocycles. The van der Waals surface area contributed by atoms with Crippen molar-refractivity contribution in [3.63, 3.8) is 0 Å². The molecule has 1 fully saturated rings. The van der Waals surface area contributed by atoms with E-state index >= 15 is 0 Å². The number of carbonyl (C=O) groups excluding carboxylic acids is 1. The summed E-state index contributed by atoms with van der Waals surface area (Å²) in [6.07, 6.45) is 8.56. The third kappa shape index (κ3) is 9.53. The monoisotopic (exact) mass is 377 g/mol. The second-order valence-electron chi connectivity index (χ2n) is 6.57. The smallest absolute Gasteiger partial charge is 0.376 e. The number of rotatable bonds is 11. The van der Waals surface area contributed by atoms with Crippen molar-refractivity contribution in [3.05, 3.63) is 0 Å². The van der Waals surface area contributed by atoms with Gasteiger partial charge < -0.3 is 8.85 Å². The Hall–Kier alpha value is 0.0769. The Morgan fingerprint density at radius 1 is 1.29 bits per heavy atom. The first-order valence-electron chi connectivity index (χ1n) is 9.37. The number of hydrogen-bond acceptors (Lipinski definition) is 6. The van der Waals surface area contributed by atoms with Crippen molar-refractivity contribution >= 4 is 25.7 Å². The summed E-state index contributed by atoms with van der Waals surface area (Å²) >= 11 is 1.44. The summed E-state index contributed by atoms with van der Waals surface area (Å²) in [6, 6.07) is 0.752. The summed E-state index contributed by atoms with van der Waals surface area (Å²) in [5, 5.41) is 0.311. The summed E-state index contributed by atoms with van der Waals surface area (Å²) in [4.78, 5) is 11.9. The van der Waals surface area contributed by atoms with Crippen LogP contribution < -0.4 is 5.48 Å². The lowest BCUT2D eigenvalue weighted by Crippen LogP contribution is -2.51. The van der Waals surface area contributed by atoms with Crippen LogP contribution in [0.3, 0.4) is 0 Å². The fourth-order valence-electron chi connectivity index (χ4n) is 2.59. The lowest BCUT2D eigenvalue weighted by Gasteiger charge is -2.31. The summed E-state index contributed by atoms with van der Waals surface area (Å²) in [5.74, 6) is 1.36. The summed E-state index contributed by atoms with van der Waals surface area (Å²) in [7, 11) is -0.957. The number of hydrogen-bond donors (Lipinski definition) is 1. The minimum Gasteiger partial charge on any atom is -0.376 e. The molecule has 2 atom stereocenters. The average Bonchev–Trinajstić information content (AvgIpc) is 2.56. The highest BCUT2D eigenvalue weighted by molar-refractivity contribution is 8.13. The Morgan fingerprint density at radius 3 is 2.83 bits per heavy atom. The van der Waals surface area contributed by atoms with E-state index in [4.69, 9.17) is 13.4 Å². The predicted octanol–water partition coefficient (Wildman–Crippen LogP) is 4.16. The van der Waals surface area contributed by atoms with Crippen LogP contribution in [0.1, 0.15) is 65.2 Å². The summed E-state index contributed by atoms with van der Waals surface area (Å²) in [5.41, 5.74) is 3.01. The van der Waals surface area contributed by atoms with Crippen LogP contribution in [0.5, 0.6) is 0 Å². The van der Waals surface area contributed by atoms with Crippen molar-refractivity contribution in [2.75, 3.05) is 26.0 Å². The van der Waals surface area contributed by atoms with Gasteiger partial charge in [0.15, 0.2) is 5.12 Å². The zero-order valence-corrected chi connectivity index (χ0v) is 17.4. The molecule has 0 aromatic carbocycles. The van der Waals surface area contributed by atoms with E-state index in [1.165, 1.54) is 37.4 Å². The van der Waals surface area contributed by atoms with Gasteiger partial charge >= 0.3 is 8.80 Å². The highest BCUT2D eigenvalue weighted by Crippen LogP contribution is 2.21. The molecule has 1 N–H and O–H groups in total. The summed E-state index contributed by atoms with van der Waals surface area (Å²) < 4.78 is 17.3.